The van der Waals surface area contributed by atoms with Gasteiger partial charge in [-0.15, -0.1) is 0 Å². The molecule has 0 saturated carbocycles. The zero-order valence-corrected chi connectivity index (χ0v) is 13.0. The van der Waals surface area contributed by atoms with Crippen molar-refractivity contribution in [3.8, 4) is 0 Å². The van der Waals surface area contributed by atoms with E-state index in [4.69, 9.17) is 15.9 Å². The summed E-state index contributed by atoms with van der Waals surface area (Å²) in [6, 6.07) is -2.15. The molecule has 21 heavy (non-hydrogen) atoms. The summed E-state index contributed by atoms with van der Waals surface area (Å²) in [4.78, 5) is 43.7. The van der Waals surface area contributed by atoms with Gasteiger partial charge < -0.3 is 26.6 Å². The molecule has 9 nitrogen and oxygen atoms in total. The van der Waals surface area contributed by atoms with Crippen molar-refractivity contribution in [2.45, 2.75) is 24.9 Å². The van der Waals surface area contributed by atoms with Crippen LogP contribution in [0.4, 0.5) is 0 Å². The van der Waals surface area contributed by atoms with Crippen LogP contribution >= 0.6 is 12.6 Å². The number of carbonyl (C=O) groups excluding carboxylic acids is 2. The number of aliphatic carboxylic acids is 2. The van der Waals surface area contributed by atoms with Crippen LogP contribution in [0.5, 0.6) is 0 Å². The first-order valence-corrected chi connectivity index (χ1v) is 6.29. The maximum Gasteiger partial charge on any atom is 0.322 e. The van der Waals surface area contributed by atoms with Gasteiger partial charge in [0.2, 0.25) is 11.8 Å². The minimum absolute atomic E-state index is 0. The molecule has 6 N–H and O–H groups in total. The molecule has 0 aliphatic rings. The average molecular weight is 362 g/mol. The van der Waals surface area contributed by atoms with Gasteiger partial charge in [-0.2, -0.15) is 12.6 Å². The van der Waals surface area contributed by atoms with Crippen LogP contribution in [0.2, 0.25) is 0 Å². The van der Waals surface area contributed by atoms with Crippen LogP contribution in [0, 0.1) is 0 Å². The van der Waals surface area contributed by atoms with E-state index in [0.29, 0.717) is 0 Å². The van der Waals surface area contributed by atoms with Crippen LogP contribution in [0.25, 0.3) is 0 Å². The van der Waals surface area contributed by atoms with Gasteiger partial charge in [-0.05, 0) is 6.42 Å². The molecule has 0 aromatic heterocycles. The fourth-order valence-corrected chi connectivity index (χ4v) is 1.41. The van der Waals surface area contributed by atoms with Crippen LogP contribution < -0.4 is 16.4 Å². The molecule has 0 fully saturated rings. The molecule has 0 unspecified atom stereocenters. The van der Waals surface area contributed by atoms with Gasteiger partial charge in [0.15, 0.2) is 0 Å². The Bertz CT molecular complexity index is 395. The number of hydrogen-bond donors (Lipinski definition) is 6. The monoisotopic (exact) mass is 362 g/mol. The van der Waals surface area contributed by atoms with Crippen LogP contribution in [-0.2, 0) is 36.2 Å². The van der Waals surface area contributed by atoms with E-state index in [0.717, 1.165) is 0 Å². The van der Waals surface area contributed by atoms with Crippen LogP contribution in [-0.4, -0.2) is 58.3 Å². The molecule has 0 spiro atoms. The second-order valence-electron chi connectivity index (χ2n) is 3.90. The van der Waals surface area contributed by atoms with E-state index < -0.39 is 42.4 Å². The summed E-state index contributed by atoms with van der Waals surface area (Å²) in [6.07, 6.45) is -0.235. The number of hydrogen-bond acceptors (Lipinski definition) is 6. The molecule has 0 bridgehead atoms. The Morgan fingerprint density at radius 1 is 1.19 bits per heavy atom. The van der Waals surface area contributed by atoms with Crippen molar-refractivity contribution >= 4 is 36.4 Å². The van der Waals surface area contributed by atoms with E-state index in [1.807, 2.05) is 0 Å². The molecule has 1 radical (unpaired) electrons. The van der Waals surface area contributed by atoms with Gasteiger partial charge in [-0.1, -0.05) is 0 Å². The summed E-state index contributed by atoms with van der Waals surface area (Å²) in [5.41, 5.74) is 5.23. The largest absolute Gasteiger partial charge is 0.480 e. The molecule has 0 rings (SSSR count). The third kappa shape index (κ3) is 10.1. The number of thiol groups is 1. The van der Waals surface area contributed by atoms with Crippen LogP contribution in [0.15, 0.2) is 0 Å². The van der Waals surface area contributed by atoms with E-state index in [9.17, 15) is 19.2 Å². The first-order chi connectivity index (χ1) is 9.27. The Morgan fingerprint density at radius 3 is 2.19 bits per heavy atom. The Morgan fingerprint density at radius 2 is 1.76 bits per heavy atom. The molecule has 2 atom stereocenters. The number of carbonyl (C=O) groups is 4. The van der Waals surface area contributed by atoms with Crippen molar-refractivity contribution in [1.29, 1.82) is 0 Å². The SMILES string of the molecule is N[C@@H](CCC(=O)N[C@@H](CS)C(=O)NCC(=O)O)C(=O)O.[Mn]. The van der Waals surface area contributed by atoms with E-state index in [-0.39, 0.29) is 35.7 Å². The summed E-state index contributed by atoms with van der Waals surface area (Å²) in [7, 11) is 0. The molecule has 2 amide bonds. The summed E-state index contributed by atoms with van der Waals surface area (Å²) in [5, 5.41) is 21.4. The summed E-state index contributed by atoms with van der Waals surface area (Å²) in [6.45, 7) is -0.567. The Kier molecular flexibility index (Phi) is 11.9. The minimum Gasteiger partial charge on any atom is -0.480 e. The number of amides is 2. The predicted molar refractivity (Wildman–Crippen MR) is 71.3 cm³/mol. The Labute approximate surface area is 136 Å². The molecule has 0 aliphatic carbocycles. The molecular weight excluding hydrogens is 345 g/mol. The van der Waals surface area contributed by atoms with Crippen molar-refractivity contribution in [1.82, 2.24) is 10.6 Å². The van der Waals surface area contributed by atoms with E-state index >= 15 is 0 Å². The number of carboxylic acid groups (broad SMARTS) is 2. The van der Waals surface area contributed by atoms with Crippen molar-refractivity contribution in [2.24, 2.45) is 5.73 Å². The molecule has 0 aromatic carbocycles. The van der Waals surface area contributed by atoms with Crippen molar-refractivity contribution in [3.05, 3.63) is 0 Å². The zero-order chi connectivity index (χ0) is 15.7. The van der Waals surface area contributed by atoms with Gasteiger partial charge in [0.05, 0.1) is 0 Å². The molecule has 0 aromatic rings. The summed E-state index contributed by atoms with van der Waals surface area (Å²) >= 11 is 3.87. The van der Waals surface area contributed by atoms with Gasteiger partial charge in [-0.3, -0.25) is 19.2 Å². The van der Waals surface area contributed by atoms with Crippen molar-refractivity contribution < 1.29 is 46.5 Å². The maximum atomic E-state index is 11.5. The van der Waals surface area contributed by atoms with Crippen LogP contribution in [0.3, 0.4) is 0 Å². The third-order valence-electron chi connectivity index (χ3n) is 2.25. The fraction of sp³-hybridized carbons (Fsp3) is 0.600. The molecular formula is C10H17MnN3O6S. The smallest absolute Gasteiger partial charge is 0.322 e. The van der Waals surface area contributed by atoms with Gasteiger partial charge in [-0.25, -0.2) is 0 Å². The van der Waals surface area contributed by atoms with E-state index in [1.165, 1.54) is 0 Å². The van der Waals surface area contributed by atoms with Gasteiger partial charge in [0.25, 0.3) is 0 Å². The number of nitrogens with one attached hydrogen (secondary N) is 2. The number of nitrogens with two attached hydrogens (primary N) is 1. The molecule has 0 heterocycles. The molecule has 11 heteroatoms. The van der Waals surface area contributed by atoms with E-state index in [2.05, 4.69) is 23.3 Å². The quantitative estimate of drug-likeness (QED) is 0.200. The summed E-state index contributed by atoms with van der Waals surface area (Å²) in [5.74, 6) is -3.70. The second-order valence-corrected chi connectivity index (χ2v) is 4.26. The molecule has 0 saturated heterocycles. The van der Waals surface area contributed by atoms with Gasteiger partial charge in [0.1, 0.15) is 18.6 Å². The third-order valence-corrected chi connectivity index (χ3v) is 2.61. The van der Waals surface area contributed by atoms with E-state index in [1.54, 1.807) is 0 Å². The standard InChI is InChI=1S/C10H17N3O6S.Mn/c11-5(10(18)19)1-2-7(14)13-6(4-20)9(17)12-3-8(15)16;/h5-6,20H,1-4,11H2,(H,12,17)(H,13,14)(H,15,16)(H,18,19);/t5-,6-;/m0./s1. The zero-order valence-electron chi connectivity index (χ0n) is 10.9. The Balaban J connectivity index is 0. The topological polar surface area (TPSA) is 159 Å². The summed E-state index contributed by atoms with van der Waals surface area (Å²) < 4.78 is 0. The minimum atomic E-state index is -1.22. The molecule has 121 valence electrons. The average Bonchev–Trinajstić information content (AvgIpc) is 2.38. The predicted octanol–water partition coefficient (Wildman–Crippen LogP) is -2.21. The van der Waals surface area contributed by atoms with Crippen molar-refractivity contribution in [3.63, 3.8) is 0 Å². The van der Waals surface area contributed by atoms with Gasteiger partial charge in [0, 0.05) is 29.2 Å². The normalized spacial score (nSPS) is 12.5. The maximum absolute atomic E-state index is 11.5. The number of carboxylic acids is 2. The molecule has 0 aliphatic heterocycles. The first kappa shape index (κ1) is 22.0. The Hall–Kier alpha value is -1.29. The second kappa shape index (κ2) is 11.4. The first-order valence-electron chi connectivity index (χ1n) is 5.66. The van der Waals surface area contributed by atoms with Crippen molar-refractivity contribution in [2.75, 3.05) is 12.3 Å². The van der Waals surface area contributed by atoms with Gasteiger partial charge >= 0.3 is 11.9 Å². The fourth-order valence-electron chi connectivity index (χ4n) is 1.16. The van der Waals surface area contributed by atoms with Crippen LogP contribution in [0.1, 0.15) is 12.8 Å². The number of rotatable bonds is 9.